The molecule has 0 saturated heterocycles. The third-order valence-corrected chi connectivity index (χ3v) is 4.63. The molecule has 134 valence electrons. The van der Waals surface area contributed by atoms with Gasteiger partial charge in [-0.1, -0.05) is 35.9 Å². The smallest absolute Gasteiger partial charge is 0.261 e. The second-order valence-corrected chi connectivity index (χ2v) is 6.69. The van der Waals surface area contributed by atoms with Crippen molar-refractivity contribution in [3.8, 4) is 0 Å². The highest BCUT2D eigenvalue weighted by Gasteiger charge is 2.34. The van der Waals surface area contributed by atoms with Crippen molar-refractivity contribution in [2.24, 2.45) is 0 Å². The number of nitrogens with one attached hydrogen (secondary N) is 1. The molecule has 26 heavy (non-hydrogen) atoms. The van der Waals surface area contributed by atoms with Gasteiger partial charge >= 0.3 is 0 Å². The van der Waals surface area contributed by atoms with Gasteiger partial charge in [-0.25, -0.2) is 0 Å². The van der Waals surface area contributed by atoms with Gasteiger partial charge in [-0.2, -0.15) is 0 Å². The largest absolute Gasteiger partial charge is 0.350 e. The van der Waals surface area contributed by atoms with Crippen LogP contribution in [-0.2, 0) is 4.79 Å². The van der Waals surface area contributed by atoms with E-state index in [1.807, 2.05) is 25.1 Å². The summed E-state index contributed by atoms with van der Waals surface area (Å²) in [4.78, 5) is 37.9. The Hall–Kier alpha value is -2.66. The molecule has 0 spiro atoms. The molecule has 0 bridgehead atoms. The van der Waals surface area contributed by atoms with Gasteiger partial charge in [-0.3, -0.25) is 19.3 Å². The van der Waals surface area contributed by atoms with E-state index in [1.165, 1.54) is 4.90 Å². The number of carbonyl (C=O) groups is 3. The van der Waals surface area contributed by atoms with Crippen molar-refractivity contribution >= 4 is 29.3 Å². The Morgan fingerprint density at radius 1 is 1.08 bits per heavy atom. The maximum atomic E-state index is 12.3. The Balaban J connectivity index is 1.50. The predicted octanol–water partition coefficient (Wildman–Crippen LogP) is 3.59. The number of fused-ring (bicyclic) bond motifs is 1. The highest BCUT2D eigenvalue weighted by Crippen LogP contribution is 2.23. The molecule has 5 nitrogen and oxygen atoms in total. The van der Waals surface area contributed by atoms with E-state index in [-0.39, 0.29) is 36.7 Å². The molecule has 1 aliphatic rings. The Labute approximate surface area is 156 Å². The molecule has 6 heteroatoms. The fraction of sp³-hybridized carbons (Fsp3) is 0.250. The van der Waals surface area contributed by atoms with Crippen LogP contribution in [0, 0.1) is 0 Å². The summed E-state index contributed by atoms with van der Waals surface area (Å²) in [5, 5.41) is 3.52. The number of amides is 3. The van der Waals surface area contributed by atoms with E-state index in [4.69, 9.17) is 11.6 Å². The first kappa shape index (κ1) is 18.1. The van der Waals surface area contributed by atoms with Crippen LogP contribution in [0.1, 0.15) is 52.1 Å². The Kier molecular flexibility index (Phi) is 5.38. The van der Waals surface area contributed by atoms with E-state index in [2.05, 4.69) is 5.32 Å². The summed E-state index contributed by atoms with van der Waals surface area (Å²) in [7, 11) is 0. The van der Waals surface area contributed by atoms with E-state index in [1.54, 1.807) is 30.3 Å². The van der Waals surface area contributed by atoms with Crippen molar-refractivity contribution in [2.75, 3.05) is 6.54 Å². The number of hydrogen-bond acceptors (Lipinski definition) is 3. The molecule has 3 amide bonds. The summed E-state index contributed by atoms with van der Waals surface area (Å²) in [5.41, 5.74) is 1.78. The highest BCUT2D eigenvalue weighted by atomic mass is 35.5. The van der Waals surface area contributed by atoms with Crippen LogP contribution in [0.25, 0.3) is 0 Å². The molecule has 1 aliphatic heterocycles. The van der Waals surface area contributed by atoms with E-state index >= 15 is 0 Å². The van der Waals surface area contributed by atoms with E-state index < -0.39 is 0 Å². The van der Waals surface area contributed by atoms with Crippen LogP contribution < -0.4 is 5.32 Å². The molecule has 1 atom stereocenters. The quantitative estimate of drug-likeness (QED) is 0.790. The average molecular weight is 371 g/mol. The zero-order valence-corrected chi connectivity index (χ0v) is 15.1. The lowest BCUT2D eigenvalue weighted by Crippen LogP contribution is -2.32. The van der Waals surface area contributed by atoms with Crippen molar-refractivity contribution in [1.29, 1.82) is 0 Å². The fourth-order valence-electron chi connectivity index (χ4n) is 3.01. The third kappa shape index (κ3) is 3.78. The maximum absolute atomic E-state index is 12.3. The van der Waals surface area contributed by atoms with Crippen molar-refractivity contribution in [2.45, 2.75) is 25.8 Å². The van der Waals surface area contributed by atoms with Gasteiger partial charge in [-0.05, 0) is 43.2 Å². The number of rotatable bonds is 6. The average Bonchev–Trinajstić information content (AvgIpc) is 2.87. The molecule has 1 heterocycles. The van der Waals surface area contributed by atoms with E-state index in [0.29, 0.717) is 22.6 Å². The standard InChI is InChI=1S/C20H19ClN2O3/c1-13(14-6-4-7-15(21)12-14)22-18(24)10-5-11-23-19(25)16-8-2-3-9-17(16)20(23)26/h2-4,6-9,12-13H,5,10-11H2,1H3,(H,22,24). The summed E-state index contributed by atoms with van der Waals surface area (Å²) < 4.78 is 0. The highest BCUT2D eigenvalue weighted by molar-refractivity contribution is 6.30. The monoisotopic (exact) mass is 370 g/mol. The lowest BCUT2D eigenvalue weighted by Gasteiger charge is -2.16. The zero-order chi connectivity index (χ0) is 18.7. The maximum Gasteiger partial charge on any atom is 0.261 e. The van der Waals surface area contributed by atoms with Gasteiger partial charge in [0.25, 0.3) is 11.8 Å². The van der Waals surface area contributed by atoms with Gasteiger partial charge < -0.3 is 5.32 Å². The number of imide groups is 1. The molecule has 2 aromatic rings. The first-order valence-corrected chi connectivity index (χ1v) is 8.85. The van der Waals surface area contributed by atoms with Crippen LogP contribution >= 0.6 is 11.6 Å². The summed E-state index contributed by atoms with van der Waals surface area (Å²) >= 11 is 5.97. The number of carbonyl (C=O) groups excluding carboxylic acids is 3. The van der Waals surface area contributed by atoms with Gasteiger partial charge in [0.2, 0.25) is 5.91 Å². The predicted molar refractivity (Wildman–Crippen MR) is 99.1 cm³/mol. The van der Waals surface area contributed by atoms with Crippen LogP contribution in [-0.4, -0.2) is 29.2 Å². The van der Waals surface area contributed by atoms with E-state index in [9.17, 15) is 14.4 Å². The summed E-state index contributed by atoms with van der Waals surface area (Å²) in [6.45, 7) is 2.11. The normalized spacial score (nSPS) is 14.3. The molecule has 0 fully saturated rings. The summed E-state index contributed by atoms with van der Waals surface area (Å²) in [6, 6.07) is 13.9. The Morgan fingerprint density at radius 3 is 2.35 bits per heavy atom. The molecule has 1 unspecified atom stereocenters. The lowest BCUT2D eigenvalue weighted by atomic mass is 10.1. The zero-order valence-electron chi connectivity index (χ0n) is 14.4. The summed E-state index contributed by atoms with van der Waals surface area (Å²) in [5.74, 6) is -0.717. The van der Waals surface area contributed by atoms with Crippen LogP contribution in [0.3, 0.4) is 0 Å². The molecular formula is C20H19ClN2O3. The molecule has 0 aliphatic carbocycles. The molecule has 0 radical (unpaired) electrons. The third-order valence-electron chi connectivity index (χ3n) is 4.39. The van der Waals surface area contributed by atoms with E-state index in [0.717, 1.165) is 5.56 Å². The number of nitrogens with zero attached hydrogens (tertiary/aromatic N) is 1. The number of hydrogen-bond donors (Lipinski definition) is 1. The molecule has 1 N–H and O–H groups in total. The minimum Gasteiger partial charge on any atom is -0.350 e. The molecule has 0 aromatic heterocycles. The van der Waals surface area contributed by atoms with Crippen molar-refractivity contribution in [3.63, 3.8) is 0 Å². The van der Waals surface area contributed by atoms with Gasteiger partial charge in [0.05, 0.1) is 17.2 Å². The molecular weight excluding hydrogens is 352 g/mol. The first-order valence-electron chi connectivity index (χ1n) is 8.47. The topological polar surface area (TPSA) is 66.5 Å². The van der Waals surface area contributed by atoms with Crippen molar-refractivity contribution in [1.82, 2.24) is 10.2 Å². The Bertz CT molecular complexity index is 831. The molecule has 2 aromatic carbocycles. The lowest BCUT2D eigenvalue weighted by molar-refractivity contribution is -0.121. The minimum atomic E-state index is -0.293. The van der Waals surface area contributed by atoms with Crippen molar-refractivity contribution < 1.29 is 14.4 Å². The summed E-state index contributed by atoms with van der Waals surface area (Å²) in [6.07, 6.45) is 0.651. The minimum absolute atomic E-state index is 0.130. The molecule has 3 rings (SSSR count). The second-order valence-electron chi connectivity index (χ2n) is 6.26. The van der Waals surface area contributed by atoms with Gasteiger partial charge in [-0.15, -0.1) is 0 Å². The van der Waals surface area contributed by atoms with Crippen LogP contribution in [0.2, 0.25) is 5.02 Å². The SMILES string of the molecule is CC(NC(=O)CCCN1C(=O)c2ccccc2C1=O)c1cccc(Cl)c1. The van der Waals surface area contributed by atoms with Gasteiger partial charge in [0.1, 0.15) is 0 Å². The van der Waals surface area contributed by atoms with Gasteiger partial charge in [0, 0.05) is 18.0 Å². The molecule has 0 saturated carbocycles. The van der Waals surface area contributed by atoms with Crippen molar-refractivity contribution in [3.05, 3.63) is 70.2 Å². The number of benzene rings is 2. The first-order chi connectivity index (χ1) is 12.5. The van der Waals surface area contributed by atoms with Crippen LogP contribution in [0.5, 0.6) is 0 Å². The van der Waals surface area contributed by atoms with Crippen LogP contribution in [0.4, 0.5) is 0 Å². The number of halogens is 1. The van der Waals surface area contributed by atoms with Gasteiger partial charge in [0.15, 0.2) is 0 Å². The second kappa shape index (κ2) is 7.70. The fourth-order valence-corrected chi connectivity index (χ4v) is 3.21. The Morgan fingerprint density at radius 2 is 1.73 bits per heavy atom. The van der Waals surface area contributed by atoms with Crippen LogP contribution in [0.15, 0.2) is 48.5 Å².